The van der Waals surface area contributed by atoms with Gasteiger partial charge in [0.25, 0.3) is 0 Å². The minimum Gasteiger partial charge on any atom is -0.441 e. The van der Waals surface area contributed by atoms with Crippen LogP contribution in [0.2, 0.25) is 0 Å². The first-order chi connectivity index (χ1) is 14.1. The zero-order chi connectivity index (χ0) is 20.2. The Balaban J connectivity index is 1.24. The summed E-state index contributed by atoms with van der Waals surface area (Å²) in [6.07, 6.45) is 5.66. The first kappa shape index (κ1) is 20.6. The van der Waals surface area contributed by atoms with Crippen LogP contribution in [0.5, 0.6) is 0 Å². The van der Waals surface area contributed by atoms with E-state index in [9.17, 15) is 4.79 Å². The van der Waals surface area contributed by atoms with E-state index in [1.807, 2.05) is 24.3 Å². The van der Waals surface area contributed by atoms with Crippen LogP contribution in [-0.4, -0.2) is 50.2 Å². The summed E-state index contributed by atoms with van der Waals surface area (Å²) in [4.78, 5) is 12.3. The van der Waals surface area contributed by atoms with Crippen molar-refractivity contribution in [3.8, 4) is 0 Å². The van der Waals surface area contributed by atoms with Crippen molar-refractivity contribution in [1.29, 1.82) is 0 Å². The first-order valence-electron chi connectivity index (χ1n) is 11.1. The Bertz CT molecular complexity index is 672. The maximum Gasteiger partial charge on any atom is 0.412 e. The Morgan fingerprint density at radius 3 is 2.52 bits per heavy atom. The first-order valence-corrected chi connectivity index (χ1v) is 11.1. The maximum atomic E-state index is 12.3. The average Bonchev–Trinajstić information content (AvgIpc) is 3.30. The number of hydrogen-bond donors (Lipinski definition) is 2. The maximum absolute atomic E-state index is 12.3. The lowest BCUT2D eigenvalue weighted by Gasteiger charge is -2.25. The van der Waals surface area contributed by atoms with E-state index >= 15 is 0 Å². The number of benzene rings is 1. The van der Waals surface area contributed by atoms with E-state index in [0.29, 0.717) is 19.1 Å². The number of carbonyl (C=O) groups excluding carboxylic acids is 1. The van der Waals surface area contributed by atoms with Crippen molar-refractivity contribution in [2.75, 3.05) is 25.1 Å². The second kappa shape index (κ2) is 9.45. The van der Waals surface area contributed by atoms with Gasteiger partial charge in [-0.3, -0.25) is 5.32 Å². The van der Waals surface area contributed by atoms with Crippen LogP contribution in [0.15, 0.2) is 24.3 Å². The smallest absolute Gasteiger partial charge is 0.412 e. The molecule has 0 spiro atoms. The topological polar surface area (TPSA) is 68.8 Å². The third-order valence-corrected chi connectivity index (χ3v) is 6.48. The fourth-order valence-electron chi connectivity index (χ4n) is 4.69. The molecule has 1 aliphatic carbocycles. The third-order valence-electron chi connectivity index (χ3n) is 6.48. The lowest BCUT2D eigenvalue weighted by Crippen LogP contribution is -2.43. The highest BCUT2D eigenvalue weighted by atomic mass is 16.6. The molecule has 160 valence electrons. The standard InChI is InChI=1S/C23H34N2O4/c1-15(2)17-8-10-18(11-9-17)25-23(26)29-20-14-28-21-19(13-27-22(20)21)24-12-16-6-4-3-5-7-16/h8-11,15-16,19-22,24H,3-7,12-14H2,1-2H3,(H,25,26). The van der Waals surface area contributed by atoms with Gasteiger partial charge in [0.05, 0.1) is 19.3 Å². The summed E-state index contributed by atoms with van der Waals surface area (Å²) < 4.78 is 17.5. The number of fused-ring (bicyclic) bond motifs is 1. The molecule has 2 heterocycles. The van der Waals surface area contributed by atoms with E-state index in [0.717, 1.165) is 18.2 Å². The van der Waals surface area contributed by atoms with Gasteiger partial charge in [0.1, 0.15) is 12.2 Å². The molecule has 2 saturated heterocycles. The molecule has 6 heteroatoms. The third kappa shape index (κ3) is 5.11. The van der Waals surface area contributed by atoms with Crippen molar-refractivity contribution in [1.82, 2.24) is 5.32 Å². The Kier molecular flexibility index (Phi) is 6.73. The SMILES string of the molecule is CC(C)c1ccc(NC(=O)OC2COC3C(NCC4CCCCC4)COC23)cc1. The number of nitrogens with one attached hydrogen (secondary N) is 2. The highest BCUT2D eigenvalue weighted by molar-refractivity contribution is 5.84. The Hall–Kier alpha value is -1.63. The van der Waals surface area contributed by atoms with Crippen molar-refractivity contribution in [3.05, 3.63) is 29.8 Å². The van der Waals surface area contributed by atoms with Gasteiger partial charge in [-0.2, -0.15) is 0 Å². The van der Waals surface area contributed by atoms with Crippen LogP contribution in [0.1, 0.15) is 57.4 Å². The highest BCUT2D eigenvalue weighted by Crippen LogP contribution is 2.30. The molecule has 2 N–H and O–H groups in total. The van der Waals surface area contributed by atoms with Crippen LogP contribution < -0.4 is 10.6 Å². The number of hydrogen-bond acceptors (Lipinski definition) is 5. The molecule has 0 radical (unpaired) electrons. The lowest BCUT2D eigenvalue weighted by atomic mass is 9.89. The van der Waals surface area contributed by atoms with E-state index < -0.39 is 6.09 Å². The molecule has 4 unspecified atom stereocenters. The minimum absolute atomic E-state index is 0.0401. The van der Waals surface area contributed by atoms with Crippen molar-refractivity contribution in [2.45, 2.75) is 76.2 Å². The molecule has 0 aromatic heterocycles. The molecule has 4 atom stereocenters. The molecule has 2 aliphatic heterocycles. The number of rotatable bonds is 6. The molecule has 1 saturated carbocycles. The van der Waals surface area contributed by atoms with Gasteiger partial charge in [0.2, 0.25) is 0 Å². The molecule has 3 fully saturated rings. The number of anilines is 1. The van der Waals surface area contributed by atoms with Gasteiger partial charge in [-0.25, -0.2) is 4.79 Å². The zero-order valence-corrected chi connectivity index (χ0v) is 17.6. The van der Waals surface area contributed by atoms with Crippen molar-refractivity contribution >= 4 is 11.8 Å². The Morgan fingerprint density at radius 1 is 1.07 bits per heavy atom. The van der Waals surface area contributed by atoms with Crippen LogP contribution in [0, 0.1) is 5.92 Å². The fourth-order valence-corrected chi connectivity index (χ4v) is 4.69. The average molecular weight is 403 g/mol. The van der Waals surface area contributed by atoms with Crippen LogP contribution in [0.25, 0.3) is 0 Å². The van der Waals surface area contributed by atoms with E-state index in [1.165, 1.54) is 37.7 Å². The van der Waals surface area contributed by atoms with Gasteiger partial charge in [-0.15, -0.1) is 0 Å². The summed E-state index contributed by atoms with van der Waals surface area (Å²) in [5.41, 5.74) is 1.97. The molecule has 0 bridgehead atoms. The number of carbonyl (C=O) groups is 1. The predicted molar refractivity (Wildman–Crippen MR) is 112 cm³/mol. The van der Waals surface area contributed by atoms with Crippen LogP contribution >= 0.6 is 0 Å². The molecule has 4 rings (SSSR count). The van der Waals surface area contributed by atoms with Crippen molar-refractivity contribution < 1.29 is 19.0 Å². The van der Waals surface area contributed by atoms with E-state index in [4.69, 9.17) is 14.2 Å². The van der Waals surface area contributed by atoms with Gasteiger partial charge in [0, 0.05) is 5.69 Å². The molecule has 3 aliphatic rings. The summed E-state index contributed by atoms with van der Waals surface area (Å²) in [5, 5.41) is 6.45. The van der Waals surface area contributed by atoms with Crippen LogP contribution in [0.3, 0.4) is 0 Å². The van der Waals surface area contributed by atoms with Gasteiger partial charge >= 0.3 is 6.09 Å². The van der Waals surface area contributed by atoms with Crippen molar-refractivity contribution in [3.63, 3.8) is 0 Å². The fraction of sp³-hybridized carbons (Fsp3) is 0.696. The Morgan fingerprint density at radius 2 is 1.79 bits per heavy atom. The van der Waals surface area contributed by atoms with Gasteiger partial charge < -0.3 is 19.5 Å². The molecule has 1 aromatic rings. The Labute approximate surface area is 173 Å². The number of ether oxygens (including phenoxy) is 3. The summed E-state index contributed by atoms with van der Waals surface area (Å²) in [6.45, 7) is 6.31. The van der Waals surface area contributed by atoms with Gasteiger partial charge in [-0.1, -0.05) is 45.2 Å². The lowest BCUT2D eigenvalue weighted by molar-refractivity contribution is 0.00850. The monoisotopic (exact) mass is 402 g/mol. The highest BCUT2D eigenvalue weighted by Gasteiger charge is 2.49. The second-order valence-electron chi connectivity index (χ2n) is 8.96. The largest absolute Gasteiger partial charge is 0.441 e. The van der Waals surface area contributed by atoms with E-state index in [1.54, 1.807) is 0 Å². The van der Waals surface area contributed by atoms with E-state index in [-0.39, 0.29) is 24.4 Å². The van der Waals surface area contributed by atoms with Crippen LogP contribution in [0.4, 0.5) is 10.5 Å². The van der Waals surface area contributed by atoms with Gasteiger partial charge in [0.15, 0.2) is 6.10 Å². The van der Waals surface area contributed by atoms with Crippen molar-refractivity contribution in [2.24, 2.45) is 5.92 Å². The van der Waals surface area contributed by atoms with E-state index in [2.05, 4.69) is 24.5 Å². The van der Waals surface area contributed by atoms with Gasteiger partial charge in [-0.05, 0) is 48.9 Å². The normalized spacial score (nSPS) is 29.8. The summed E-state index contributed by atoms with van der Waals surface area (Å²) in [6, 6.07) is 8.04. The molecular formula is C23H34N2O4. The summed E-state index contributed by atoms with van der Waals surface area (Å²) >= 11 is 0. The van der Waals surface area contributed by atoms with Crippen LogP contribution in [-0.2, 0) is 14.2 Å². The quantitative estimate of drug-likeness (QED) is 0.751. The molecule has 6 nitrogen and oxygen atoms in total. The molecule has 1 aromatic carbocycles. The summed E-state index contributed by atoms with van der Waals surface area (Å²) in [7, 11) is 0. The molecule has 1 amide bonds. The second-order valence-corrected chi connectivity index (χ2v) is 8.96. The zero-order valence-electron chi connectivity index (χ0n) is 17.6. The molecule has 29 heavy (non-hydrogen) atoms. The minimum atomic E-state index is -0.459. The predicted octanol–water partition coefficient (Wildman–Crippen LogP) is 4.06. The molecular weight excluding hydrogens is 368 g/mol. The number of amides is 1. The summed E-state index contributed by atoms with van der Waals surface area (Å²) in [5.74, 6) is 1.23.